The highest BCUT2D eigenvalue weighted by molar-refractivity contribution is 9.10. The fourth-order valence-electron chi connectivity index (χ4n) is 3.99. The molecule has 152 valence electrons. The van der Waals surface area contributed by atoms with Gasteiger partial charge in [0.15, 0.2) is 0 Å². The van der Waals surface area contributed by atoms with Crippen molar-refractivity contribution in [3.8, 4) is 11.4 Å². The van der Waals surface area contributed by atoms with E-state index in [1.54, 1.807) is 17.7 Å². The number of halogens is 2. The number of pyridine rings is 1. The highest BCUT2D eigenvalue weighted by Gasteiger charge is 2.32. The van der Waals surface area contributed by atoms with Crippen LogP contribution in [0.2, 0.25) is 0 Å². The lowest BCUT2D eigenvalue weighted by molar-refractivity contribution is 0.100. The maximum Gasteiger partial charge on any atom is 0.253 e. The number of ether oxygens (including phenoxy) is 1. The van der Waals surface area contributed by atoms with Gasteiger partial charge in [0.2, 0.25) is 0 Å². The minimum atomic E-state index is -0.654. The number of carbonyl (C=O) groups is 1. The molecule has 0 atom stereocenters. The Morgan fingerprint density at radius 1 is 1.45 bits per heavy atom. The van der Waals surface area contributed by atoms with E-state index in [0.717, 1.165) is 28.6 Å². The van der Waals surface area contributed by atoms with Gasteiger partial charge < -0.3 is 16.2 Å². The van der Waals surface area contributed by atoms with Crippen LogP contribution in [0, 0.1) is 12.7 Å². The first-order valence-electron chi connectivity index (χ1n) is 9.46. The zero-order valence-corrected chi connectivity index (χ0v) is 18.1. The van der Waals surface area contributed by atoms with Crippen molar-refractivity contribution >= 4 is 38.6 Å². The summed E-state index contributed by atoms with van der Waals surface area (Å²) < 4.78 is 22.7. The number of nitrogens with two attached hydrogens (primary N) is 2. The van der Waals surface area contributed by atoms with E-state index < -0.39 is 11.7 Å². The third-order valence-corrected chi connectivity index (χ3v) is 6.35. The van der Waals surface area contributed by atoms with Gasteiger partial charge in [-0.15, -0.1) is 0 Å². The van der Waals surface area contributed by atoms with Crippen molar-refractivity contribution in [2.75, 3.05) is 12.8 Å². The zero-order chi connectivity index (χ0) is 21.0. The van der Waals surface area contributed by atoms with E-state index in [1.165, 1.54) is 13.2 Å². The predicted molar refractivity (Wildman–Crippen MR) is 114 cm³/mol. The van der Waals surface area contributed by atoms with E-state index in [9.17, 15) is 9.18 Å². The molecule has 1 amide bonds. The number of methoxy groups -OCH3 is 1. The van der Waals surface area contributed by atoms with Gasteiger partial charge in [-0.25, -0.2) is 4.39 Å². The van der Waals surface area contributed by atoms with Crippen molar-refractivity contribution in [3.05, 3.63) is 44.9 Å². The van der Waals surface area contributed by atoms with Crippen LogP contribution < -0.4 is 16.2 Å². The van der Waals surface area contributed by atoms with E-state index >= 15 is 0 Å². The number of carbonyl (C=O) groups excluding carboxylic acids is 1. The van der Waals surface area contributed by atoms with Crippen LogP contribution in [0.4, 0.5) is 10.2 Å². The molecule has 4 N–H and O–H groups in total. The first-order valence-corrected chi connectivity index (χ1v) is 10.2. The van der Waals surface area contributed by atoms with Crippen molar-refractivity contribution < 1.29 is 13.9 Å². The molecule has 1 aliphatic carbocycles. The summed E-state index contributed by atoms with van der Waals surface area (Å²) in [5, 5.41) is 0.538. The summed E-state index contributed by atoms with van der Waals surface area (Å²) in [6.45, 7) is 3.65. The van der Waals surface area contributed by atoms with Crippen molar-refractivity contribution in [3.63, 3.8) is 0 Å². The molecule has 0 aliphatic heterocycles. The summed E-state index contributed by atoms with van der Waals surface area (Å²) in [7, 11) is 1.50. The van der Waals surface area contributed by atoms with E-state index in [1.807, 2.05) is 6.92 Å². The van der Waals surface area contributed by atoms with Crippen LogP contribution in [0.15, 0.2) is 16.7 Å². The summed E-state index contributed by atoms with van der Waals surface area (Å²) >= 11 is 3.68. The van der Waals surface area contributed by atoms with Gasteiger partial charge in [-0.3, -0.25) is 14.3 Å². The second-order valence-corrected chi connectivity index (χ2v) is 8.11. The molecule has 8 heteroatoms. The summed E-state index contributed by atoms with van der Waals surface area (Å²) in [5.74, 6) is -0.112. The lowest BCUT2D eigenvalue weighted by Crippen LogP contribution is -2.14. The molecule has 29 heavy (non-hydrogen) atoms. The Hall–Kier alpha value is -2.61. The number of hydrogen-bond acceptors (Lipinski definition) is 4. The summed E-state index contributed by atoms with van der Waals surface area (Å²) in [4.78, 5) is 16.8. The highest BCUT2D eigenvalue weighted by Crippen LogP contribution is 2.47. The quantitative estimate of drug-likeness (QED) is 0.590. The smallest absolute Gasteiger partial charge is 0.253 e. The van der Waals surface area contributed by atoms with Gasteiger partial charge in [0.1, 0.15) is 17.4 Å². The Kier molecular flexibility index (Phi) is 4.77. The van der Waals surface area contributed by atoms with Crippen molar-refractivity contribution in [2.24, 2.45) is 5.73 Å². The van der Waals surface area contributed by atoms with Crippen molar-refractivity contribution in [2.45, 2.75) is 39.0 Å². The predicted octanol–water partition coefficient (Wildman–Crippen LogP) is 4.37. The molecule has 2 aromatic heterocycles. The maximum absolute atomic E-state index is 14.8. The third kappa shape index (κ3) is 2.88. The first-order chi connectivity index (χ1) is 13.8. The third-order valence-electron chi connectivity index (χ3n) is 5.57. The van der Waals surface area contributed by atoms with Gasteiger partial charge in [0, 0.05) is 34.7 Å². The van der Waals surface area contributed by atoms with Gasteiger partial charge in [0.25, 0.3) is 5.91 Å². The maximum atomic E-state index is 14.8. The standard InChI is InChI=1S/C21H22BrFN4O2/c1-4-11-14(29-3)7-13(23)9(2)18(11)27-19-12(15(20(27)24)21(25)28)8-26-17(16(19)22)10-5-6-10/h7-8,10H,4-6,24H2,1-3H3,(H2,25,28). The number of fused-ring (bicyclic) bond motifs is 1. The van der Waals surface area contributed by atoms with Gasteiger partial charge in [-0.1, -0.05) is 6.92 Å². The van der Waals surface area contributed by atoms with Gasteiger partial charge >= 0.3 is 0 Å². The number of primary amides is 1. The minimum Gasteiger partial charge on any atom is -0.496 e. The van der Waals surface area contributed by atoms with Crippen LogP contribution in [0.25, 0.3) is 16.6 Å². The summed E-state index contributed by atoms with van der Waals surface area (Å²) in [6, 6.07) is 1.38. The van der Waals surface area contributed by atoms with E-state index in [0.29, 0.717) is 40.2 Å². The fraction of sp³-hybridized carbons (Fsp3) is 0.333. The van der Waals surface area contributed by atoms with Crippen LogP contribution in [0.1, 0.15) is 52.9 Å². The van der Waals surface area contributed by atoms with Crippen molar-refractivity contribution in [1.82, 2.24) is 9.55 Å². The Balaban J connectivity index is 2.20. The largest absolute Gasteiger partial charge is 0.496 e. The second-order valence-electron chi connectivity index (χ2n) is 7.32. The van der Waals surface area contributed by atoms with Gasteiger partial charge in [-0.2, -0.15) is 0 Å². The Labute approximate surface area is 176 Å². The average Bonchev–Trinajstić information content (AvgIpc) is 3.47. The molecule has 6 nitrogen and oxygen atoms in total. The number of nitrogens with zero attached hydrogens (tertiary/aromatic N) is 2. The van der Waals surface area contributed by atoms with E-state index in [4.69, 9.17) is 16.2 Å². The summed E-state index contributed by atoms with van der Waals surface area (Å²) in [5.41, 5.74) is 15.6. The average molecular weight is 461 g/mol. The van der Waals surface area contributed by atoms with E-state index in [-0.39, 0.29) is 11.4 Å². The van der Waals surface area contributed by atoms with Crippen LogP contribution in [-0.4, -0.2) is 22.6 Å². The van der Waals surface area contributed by atoms with Gasteiger partial charge in [0.05, 0.1) is 34.0 Å². The Morgan fingerprint density at radius 2 is 2.14 bits per heavy atom. The first kappa shape index (κ1) is 19.7. The minimum absolute atomic E-state index is 0.161. The lowest BCUT2D eigenvalue weighted by Gasteiger charge is -2.20. The zero-order valence-electron chi connectivity index (χ0n) is 16.5. The number of aromatic nitrogens is 2. The molecule has 3 aromatic rings. The van der Waals surface area contributed by atoms with Crippen LogP contribution in [0.3, 0.4) is 0 Å². The van der Waals surface area contributed by atoms with Crippen LogP contribution >= 0.6 is 15.9 Å². The molecule has 1 fully saturated rings. The van der Waals surface area contributed by atoms with Crippen LogP contribution in [-0.2, 0) is 6.42 Å². The normalized spacial score (nSPS) is 13.8. The Morgan fingerprint density at radius 3 is 2.69 bits per heavy atom. The molecule has 1 aliphatic rings. The molecule has 1 aromatic carbocycles. The Bertz CT molecular complexity index is 1170. The second kappa shape index (κ2) is 7.02. The number of amides is 1. The molecule has 1 saturated carbocycles. The molecule has 0 bridgehead atoms. The lowest BCUT2D eigenvalue weighted by atomic mass is 10.0. The molecule has 0 radical (unpaired) electrons. The fourth-order valence-corrected chi connectivity index (χ4v) is 4.81. The van der Waals surface area contributed by atoms with Crippen molar-refractivity contribution in [1.29, 1.82) is 0 Å². The van der Waals surface area contributed by atoms with Crippen LogP contribution in [0.5, 0.6) is 5.75 Å². The number of hydrogen-bond donors (Lipinski definition) is 2. The SMILES string of the molecule is CCc1c(OC)cc(F)c(C)c1-n1c(N)c(C(N)=O)c2cnc(C3CC3)c(Br)c21. The van der Waals surface area contributed by atoms with E-state index in [2.05, 4.69) is 20.9 Å². The number of nitrogen functional groups attached to an aromatic ring is 1. The molecular formula is C21H22BrFN4O2. The number of anilines is 1. The number of benzene rings is 1. The molecule has 0 saturated heterocycles. The molecular weight excluding hydrogens is 439 g/mol. The molecule has 2 heterocycles. The number of rotatable bonds is 5. The molecule has 0 unspecified atom stereocenters. The summed E-state index contributed by atoms with van der Waals surface area (Å²) in [6.07, 6.45) is 4.34. The van der Waals surface area contributed by atoms with Gasteiger partial charge in [-0.05, 0) is 42.1 Å². The molecule has 4 rings (SSSR count). The monoisotopic (exact) mass is 460 g/mol. The highest BCUT2D eigenvalue weighted by atomic mass is 79.9. The topological polar surface area (TPSA) is 96.2 Å². The molecule has 0 spiro atoms.